The molecule has 39 heavy (non-hydrogen) atoms. The number of sulfonamides is 1. The Balaban J connectivity index is 2.10. The third-order valence-corrected chi connectivity index (χ3v) is 8.84. The molecule has 0 saturated heterocycles. The first kappa shape index (κ1) is 30.5. The summed E-state index contributed by atoms with van der Waals surface area (Å²) >= 11 is 12.3. The first-order valence-electron chi connectivity index (χ1n) is 12.8. The van der Waals surface area contributed by atoms with Gasteiger partial charge < -0.3 is 10.2 Å². The van der Waals surface area contributed by atoms with E-state index in [1.807, 2.05) is 19.1 Å². The van der Waals surface area contributed by atoms with Gasteiger partial charge in [0.1, 0.15) is 12.6 Å². The zero-order valence-electron chi connectivity index (χ0n) is 22.2. The van der Waals surface area contributed by atoms with Crippen molar-refractivity contribution >= 4 is 50.7 Å². The summed E-state index contributed by atoms with van der Waals surface area (Å²) in [6.07, 6.45) is 0.893. The van der Waals surface area contributed by atoms with Crippen molar-refractivity contribution < 1.29 is 18.0 Å². The van der Waals surface area contributed by atoms with Crippen LogP contribution in [0.4, 0.5) is 5.69 Å². The predicted octanol–water partition coefficient (Wildman–Crippen LogP) is 5.69. The largest absolute Gasteiger partial charge is 0.355 e. The summed E-state index contributed by atoms with van der Waals surface area (Å²) in [4.78, 5) is 28.5. The van der Waals surface area contributed by atoms with Gasteiger partial charge in [-0.25, -0.2) is 8.42 Å². The predicted molar refractivity (Wildman–Crippen MR) is 157 cm³/mol. The van der Waals surface area contributed by atoms with Crippen LogP contribution in [-0.4, -0.2) is 44.3 Å². The third kappa shape index (κ3) is 7.32. The van der Waals surface area contributed by atoms with Gasteiger partial charge in [-0.3, -0.25) is 13.9 Å². The second-order valence-corrected chi connectivity index (χ2v) is 11.6. The van der Waals surface area contributed by atoms with Crippen molar-refractivity contribution in [3.63, 3.8) is 0 Å². The van der Waals surface area contributed by atoms with Crippen LogP contribution in [0.15, 0.2) is 77.7 Å². The standard InChI is InChI=1S/C29H33Cl2N3O4S/c1-4-22-12-10-11-15-27(22)34(39(37,38)23-13-8-7-9-14-23)20-28(35)33(26(5-2)29(36)32-6-3)19-21-16-17-24(30)25(31)18-21/h7-18,26H,4-6,19-20H2,1-3H3,(H,32,36). The summed E-state index contributed by atoms with van der Waals surface area (Å²) in [5.74, 6) is -0.843. The average Bonchev–Trinajstić information content (AvgIpc) is 2.94. The molecule has 208 valence electrons. The van der Waals surface area contributed by atoms with Gasteiger partial charge in [0.2, 0.25) is 11.8 Å². The van der Waals surface area contributed by atoms with Gasteiger partial charge in [-0.2, -0.15) is 0 Å². The number of likely N-dealkylation sites (N-methyl/N-ethyl adjacent to an activating group) is 1. The van der Waals surface area contributed by atoms with E-state index in [4.69, 9.17) is 23.2 Å². The number of carbonyl (C=O) groups is 2. The van der Waals surface area contributed by atoms with Crippen LogP contribution in [0, 0.1) is 0 Å². The number of benzene rings is 3. The lowest BCUT2D eigenvalue weighted by Gasteiger charge is -2.33. The van der Waals surface area contributed by atoms with E-state index in [-0.39, 0.29) is 17.3 Å². The first-order valence-corrected chi connectivity index (χ1v) is 15.0. The van der Waals surface area contributed by atoms with Gasteiger partial charge >= 0.3 is 0 Å². The monoisotopic (exact) mass is 589 g/mol. The molecule has 3 rings (SSSR count). The van der Waals surface area contributed by atoms with E-state index < -0.39 is 28.5 Å². The molecule has 7 nitrogen and oxygen atoms in total. The van der Waals surface area contributed by atoms with Crippen LogP contribution in [0.3, 0.4) is 0 Å². The highest BCUT2D eigenvalue weighted by atomic mass is 35.5. The van der Waals surface area contributed by atoms with E-state index in [1.54, 1.807) is 62.4 Å². The number of hydrogen-bond acceptors (Lipinski definition) is 4. The molecule has 1 atom stereocenters. The Hall–Kier alpha value is -3.07. The van der Waals surface area contributed by atoms with Crippen LogP contribution >= 0.6 is 23.2 Å². The number of para-hydroxylation sites is 1. The number of rotatable bonds is 12. The fourth-order valence-corrected chi connectivity index (χ4v) is 6.13. The molecule has 0 saturated carbocycles. The fourth-order valence-electron chi connectivity index (χ4n) is 4.33. The summed E-state index contributed by atoms with van der Waals surface area (Å²) in [6.45, 7) is 5.46. The highest BCUT2D eigenvalue weighted by Crippen LogP contribution is 2.29. The summed E-state index contributed by atoms with van der Waals surface area (Å²) in [5, 5.41) is 3.47. The van der Waals surface area contributed by atoms with Crippen molar-refractivity contribution in [2.45, 2.75) is 51.1 Å². The number of halogens is 2. The van der Waals surface area contributed by atoms with E-state index >= 15 is 0 Å². The molecule has 0 aliphatic carbocycles. The minimum atomic E-state index is -4.12. The molecule has 0 aromatic heterocycles. The average molecular weight is 591 g/mol. The van der Waals surface area contributed by atoms with Crippen LogP contribution in [0.5, 0.6) is 0 Å². The lowest BCUT2D eigenvalue weighted by Crippen LogP contribution is -2.52. The molecule has 0 aliphatic rings. The van der Waals surface area contributed by atoms with E-state index in [0.717, 1.165) is 9.87 Å². The minimum absolute atomic E-state index is 0.0417. The van der Waals surface area contributed by atoms with Crippen molar-refractivity contribution in [2.24, 2.45) is 0 Å². The first-order chi connectivity index (χ1) is 18.6. The lowest BCUT2D eigenvalue weighted by molar-refractivity contribution is -0.140. The van der Waals surface area contributed by atoms with E-state index in [2.05, 4.69) is 5.32 Å². The second-order valence-electron chi connectivity index (χ2n) is 8.90. The van der Waals surface area contributed by atoms with Crippen molar-refractivity contribution in [2.75, 3.05) is 17.4 Å². The number of carbonyl (C=O) groups excluding carboxylic acids is 2. The highest BCUT2D eigenvalue weighted by Gasteiger charge is 2.34. The quantitative estimate of drug-likeness (QED) is 0.294. The Morgan fingerprint density at radius 1 is 0.897 bits per heavy atom. The van der Waals surface area contributed by atoms with Gasteiger partial charge in [0.25, 0.3) is 10.0 Å². The normalized spacial score (nSPS) is 12.0. The SMILES string of the molecule is CCNC(=O)C(CC)N(Cc1ccc(Cl)c(Cl)c1)C(=O)CN(c1ccccc1CC)S(=O)(=O)c1ccccc1. The van der Waals surface area contributed by atoms with E-state index in [9.17, 15) is 18.0 Å². The number of nitrogens with zero attached hydrogens (tertiary/aromatic N) is 2. The van der Waals surface area contributed by atoms with Gasteiger partial charge in [-0.15, -0.1) is 0 Å². The van der Waals surface area contributed by atoms with Gasteiger partial charge in [0.05, 0.1) is 20.6 Å². The number of amides is 2. The second kappa shape index (κ2) is 13.8. The van der Waals surface area contributed by atoms with Gasteiger partial charge in [0.15, 0.2) is 0 Å². The van der Waals surface area contributed by atoms with Gasteiger partial charge in [-0.05, 0) is 61.2 Å². The van der Waals surface area contributed by atoms with E-state index in [0.29, 0.717) is 40.7 Å². The molecule has 3 aromatic carbocycles. The Morgan fingerprint density at radius 3 is 2.18 bits per heavy atom. The molecule has 0 spiro atoms. The Bertz CT molecular complexity index is 1400. The van der Waals surface area contributed by atoms with Crippen LogP contribution < -0.4 is 9.62 Å². The van der Waals surface area contributed by atoms with Crippen molar-refractivity contribution in [3.8, 4) is 0 Å². The lowest BCUT2D eigenvalue weighted by atomic mass is 10.1. The zero-order valence-corrected chi connectivity index (χ0v) is 24.6. The molecular weight excluding hydrogens is 557 g/mol. The van der Waals surface area contributed by atoms with E-state index in [1.165, 1.54) is 17.0 Å². The Kier molecular flexibility index (Phi) is 10.8. The topological polar surface area (TPSA) is 86.8 Å². The maximum absolute atomic E-state index is 14.1. The molecule has 1 N–H and O–H groups in total. The van der Waals surface area contributed by atoms with Gasteiger partial charge in [0, 0.05) is 13.1 Å². The fraction of sp³-hybridized carbons (Fsp3) is 0.310. The maximum Gasteiger partial charge on any atom is 0.264 e. The molecular formula is C29H33Cl2N3O4S. The van der Waals surface area contributed by atoms with Crippen LogP contribution in [0.2, 0.25) is 10.0 Å². The Labute approximate surface area is 240 Å². The van der Waals surface area contributed by atoms with Crippen LogP contribution in [0.1, 0.15) is 38.3 Å². The molecule has 0 radical (unpaired) electrons. The summed E-state index contributed by atoms with van der Waals surface area (Å²) in [6, 6.07) is 19.3. The van der Waals surface area contributed by atoms with Crippen molar-refractivity contribution in [1.82, 2.24) is 10.2 Å². The number of hydrogen-bond donors (Lipinski definition) is 1. The van der Waals surface area contributed by atoms with Crippen LogP contribution in [0.25, 0.3) is 0 Å². The Morgan fingerprint density at radius 2 is 1.56 bits per heavy atom. The molecule has 0 fully saturated rings. The molecule has 10 heteroatoms. The molecule has 0 aliphatic heterocycles. The summed E-state index contributed by atoms with van der Waals surface area (Å²) in [5.41, 5.74) is 1.85. The number of anilines is 1. The highest BCUT2D eigenvalue weighted by molar-refractivity contribution is 7.92. The zero-order chi connectivity index (χ0) is 28.6. The van der Waals surface area contributed by atoms with Crippen molar-refractivity contribution in [1.29, 1.82) is 0 Å². The summed E-state index contributed by atoms with van der Waals surface area (Å²) < 4.78 is 29.0. The molecule has 1 unspecified atom stereocenters. The smallest absolute Gasteiger partial charge is 0.264 e. The maximum atomic E-state index is 14.1. The number of nitrogens with one attached hydrogen (secondary N) is 1. The van der Waals surface area contributed by atoms with Crippen molar-refractivity contribution in [3.05, 3.63) is 94.0 Å². The minimum Gasteiger partial charge on any atom is -0.355 e. The molecule has 2 amide bonds. The molecule has 3 aromatic rings. The molecule has 0 heterocycles. The summed E-state index contributed by atoms with van der Waals surface area (Å²) in [7, 11) is -4.12. The number of aryl methyl sites for hydroxylation is 1. The van der Waals surface area contributed by atoms with Crippen LogP contribution in [-0.2, 0) is 32.6 Å². The third-order valence-electron chi connectivity index (χ3n) is 6.33. The molecule has 0 bridgehead atoms. The van der Waals surface area contributed by atoms with Gasteiger partial charge in [-0.1, -0.05) is 79.5 Å².